The van der Waals surface area contributed by atoms with Crippen molar-refractivity contribution in [2.45, 2.75) is 126 Å². The summed E-state index contributed by atoms with van der Waals surface area (Å²) in [6, 6.07) is 16.4. The summed E-state index contributed by atoms with van der Waals surface area (Å²) in [5.41, 5.74) is 4.96. The molecular formula is C39H50ClNO8. The fourth-order valence-corrected chi connectivity index (χ4v) is 6.44. The fraction of sp³-hybridized carbons (Fsp3) is 0.538. The SMILES string of the molecule is CC(CCCCCC(=O)CC[C@H](O)[C@@H](O)[C@H](O)[C@H](O)CO)c1ccc(Cl)c(COC2(c3cnccc3-c3ccccc3OC3CC3)CC2)c1. The molecule has 1 unspecified atom stereocenters. The van der Waals surface area contributed by atoms with Gasteiger partial charge in [-0.05, 0) is 85.8 Å². The average molecular weight is 696 g/mol. The predicted molar refractivity (Wildman–Crippen MR) is 187 cm³/mol. The highest BCUT2D eigenvalue weighted by Gasteiger charge is 2.48. The Morgan fingerprint density at radius 1 is 0.939 bits per heavy atom. The number of Topliss-reactive ketones (excluding diaryl/α,β-unsaturated/α-hetero) is 1. The second kappa shape index (κ2) is 17.4. The van der Waals surface area contributed by atoms with Gasteiger partial charge >= 0.3 is 0 Å². The maximum Gasteiger partial charge on any atom is 0.133 e. The van der Waals surface area contributed by atoms with Gasteiger partial charge in [-0.1, -0.05) is 61.7 Å². The molecule has 3 aromatic rings. The van der Waals surface area contributed by atoms with E-state index in [0.717, 1.165) is 79.4 Å². The zero-order chi connectivity index (χ0) is 35.0. The lowest BCUT2D eigenvalue weighted by Gasteiger charge is -2.25. The summed E-state index contributed by atoms with van der Waals surface area (Å²) in [6.45, 7) is 1.85. The number of para-hydroxylation sites is 1. The first-order chi connectivity index (χ1) is 23.6. The zero-order valence-corrected chi connectivity index (χ0v) is 29.0. The number of ether oxygens (including phenoxy) is 2. The predicted octanol–water partition coefficient (Wildman–Crippen LogP) is 5.99. The van der Waals surface area contributed by atoms with Gasteiger partial charge in [-0.2, -0.15) is 0 Å². The van der Waals surface area contributed by atoms with Crippen LogP contribution in [0.4, 0.5) is 0 Å². The summed E-state index contributed by atoms with van der Waals surface area (Å²) in [4.78, 5) is 16.8. The number of carbonyl (C=O) groups is 1. The molecule has 0 spiro atoms. The minimum absolute atomic E-state index is 0.0251. The van der Waals surface area contributed by atoms with Crippen LogP contribution in [0.15, 0.2) is 60.9 Å². The van der Waals surface area contributed by atoms with Gasteiger partial charge < -0.3 is 35.0 Å². The lowest BCUT2D eigenvalue weighted by molar-refractivity contribution is -0.125. The number of rotatable bonds is 21. The Kier molecular flexibility index (Phi) is 13.2. The van der Waals surface area contributed by atoms with Crippen molar-refractivity contribution in [3.63, 3.8) is 0 Å². The van der Waals surface area contributed by atoms with E-state index in [2.05, 4.69) is 36.2 Å². The van der Waals surface area contributed by atoms with Gasteiger partial charge in [0.05, 0.1) is 31.0 Å². The van der Waals surface area contributed by atoms with Crippen LogP contribution >= 0.6 is 11.6 Å². The van der Waals surface area contributed by atoms with Crippen LogP contribution < -0.4 is 4.74 Å². The monoisotopic (exact) mass is 695 g/mol. The third-order valence-electron chi connectivity index (χ3n) is 9.79. The highest BCUT2D eigenvalue weighted by atomic mass is 35.5. The topological polar surface area (TPSA) is 150 Å². The number of aliphatic hydroxyl groups is 5. The third-order valence-corrected chi connectivity index (χ3v) is 10.2. The molecule has 2 aromatic carbocycles. The molecule has 0 saturated heterocycles. The molecule has 0 amide bonds. The van der Waals surface area contributed by atoms with Gasteiger partial charge in [0.1, 0.15) is 29.8 Å². The number of benzene rings is 2. The van der Waals surface area contributed by atoms with E-state index in [1.807, 2.05) is 36.7 Å². The van der Waals surface area contributed by atoms with E-state index in [1.54, 1.807) is 0 Å². The van der Waals surface area contributed by atoms with Crippen LogP contribution in [0.3, 0.4) is 0 Å². The Labute approximate surface area is 293 Å². The number of unbranched alkanes of at least 4 members (excludes halogenated alkanes) is 2. The molecule has 10 heteroatoms. The molecule has 2 aliphatic rings. The fourth-order valence-electron chi connectivity index (χ4n) is 6.27. The maximum absolute atomic E-state index is 12.3. The van der Waals surface area contributed by atoms with Crippen molar-refractivity contribution in [3.8, 4) is 16.9 Å². The number of ketones is 1. The van der Waals surface area contributed by atoms with Gasteiger partial charge in [-0.3, -0.25) is 9.78 Å². The molecule has 49 heavy (non-hydrogen) atoms. The molecule has 1 heterocycles. The summed E-state index contributed by atoms with van der Waals surface area (Å²) >= 11 is 6.67. The molecule has 0 aliphatic heterocycles. The lowest BCUT2D eigenvalue weighted by atomic mass is 9.93. The van der Waals surface area contributed by atoms with E-state index in [4.69, 9.17) is 26.2 Å². The number of aliphatic hydroxyl groups excluding tert-OH is 5. The number of carbonyl (C=O) groups excluding carboxylic acids is 1. The Hall–Kier alpha value is -2.89. The van der Waals surface area contributed by atoms with Gasteiger partial charge in [0.2, 0.25) is 0 Å². The molecule has 1 aromatic heterocycles. The average Bonchev–Trinajstić information content (AvgIpc) is 4.07. The molecule has 5 rings (SSSR count). The van der Waals surface area contributed by atoms with Crippen molar-refractivity contribution in [2.24, 2.45) is 0 Å². The van der Waals surface area contributed by atoms with Crippen LogP contribution in [-0.4, -0.2) is 73.4 Å². The second-order valence-electron chi connectivity index (χ2n) is 13.7. The number of pyridine rings is 1. The summed E-state index contributed by atoms with van der Waals surface area (Å²) in [5, 5.41) is 48.7. The number of aromatic nitrogens is 1. The van der Waals surface area contributed by atoms with Crippen molar-refractivity contribution in [1.29, 1.82) is 0 Å². The minimum Gasteiger partial charge on any atom is -0.490 e. The minimum atomic E-state index is -1.68. The van der Waals surface area contributed by atoms with Gasteiger partial charge in [0.15, 0.2) is 0 Å². The highest BCUT2D eigenvalue weighted by Crippen LogP contribution is 2.53. The number of halogens is 1. The Morgan fingerprint density at radius 3 is 2.43 bits per heavy atom. The van der Waals surface area contributed by atoms with Crippen molar-refractivity contribution >= 4 is 17.4 Å². The van der Waals surface area contributed by atoms with Gasteiger partial charge in [-0.15, -0.1) is 0 Å². The van der Waals surface area contributed by atoms with E-state index in [9.17, 15) is 25.2 Å². The smallest absolute Gasteiger partial charge is 0.133 e. The lowest BCUT2D eigenvalue weighted by Crippen LogP contribution is -2.45. The summed E-state index contributed by atoms with van der Waals surface area (Å²) in [7, 11) is 0. The molecule has 2 aliphatic carbocycles. The molecule has 5 N–H and O–H groups in total. The Bertz CT molecular complexity index is 1530. The first kappa shape index (κ1) is 37.4. The molecule has 266 valence electrons. The van der Waals surface area contributed by atoms with E-state index in [-0.39, 0.29) is 18.6 Å². The van der Waals surface area contributed by atoms with E-state index in [1.165, 1.54) is 5.56 Å². The second-order valence-corrected chi connectivity index (χ2v) is 14.2. The van der Waals surface area contributed by atoms with Crippen molar-refractivity contribution in [3.05, 3.63) is 82.6 Å². The van der Waals surface area contributed by atoms with Gasteiger partial charge in [0, 0.05) is 41.4 Å². The molecule has 9 nitrogen and oxygen atoms in total. The van der Waals surface area contributed by atoms with Crippen LogP contribution in [0, 0.1) is 0 Å². The first-order valence-corrected chi connectivity index (χ1v) is 18.0. The van der Waals surface area contributed by atoms with Crippen LogP contribution in [0.2, 0.25) is 5.02 Å². The largest absolute Gasteiger partial charge is 0.490 e. The molecule has 0 radical (unpaired) electrons. The van der Waals surface area contributed by atoms with E-state index < -0.39 is 36.6 Å². The van der Waals surface area contributed by atoms with E-state index in [0.29, 0.717) is 30.1 Å². The normalized spacial score (nSPS) is 18.3. The summed E-state index contributed by atoms with van der Waals surface area (Å²) in [6.07, 6.45) is 5.76. The first-order valence-electron chi connectivity index (χ1n) is 17.6. The zero-order valence-electron chi connectivity index (χ0n) is 28.2. The number of hydrogen-bond acceptors (Lipinski definition) is 9. The Morgan fingerprint density at radius 2 is 1.69 bits per heavy atom. The highest BCUT2D eigenvalue weighted by molar-refractivity contribution is 6.31. The van der Waals surface area contributed by atoms with Crippen molar-refractivity contribution in [1.82, 2.24) is 4.98 Å². The van der Waals surface area contributed by atoms with Crippen LogP contribution in [0.5, 0.6) is 5.75 Å². The summed E-state index contributed by atoms with van der Waals surface area (Å²) < 4.78 is 12.9. The van der Waals surface area contributed by atoms with Crippen LogP contribution in [-0.2, 0) is 21.7 Å². The Balaban J connectivity index is 1.09. The standard InChI is InChI=1S/C39H50ClNO8/c1-25(7-3-2-4-8-28(43)12-16-34(44)37(46)38(47)35(45)23-42)26-11-15-33(40)27(21-26)24-48-39(18-19-39)32-22-41-20-17-30(32)31-9-5-6-10-36(31)49-29-13-14-29/h5-6,9-11,15,17,20-22,25,29,34-35,37-38,42,44-47H,2-4,7-8,12-14,16,18-19,23-24H2,1H3/t25?,34-,35+,37+,38+/m0/s1. The number of hydrogen-bond donors (Lipinski definition) is 5. The van der Waals surface area contributed by atoms with Crippen molar-refractivity contribution < 1.29 is 39.8 Å². The molecule has 2 saturated carbocycles. The van der Waals surface area contributed by atoms with Gasteiger partial charge in [0.25, 0.3) is 0 Å². The number of nitrogens with zero attached hydrogens (tertiary/aromatic N) is 1. The van der Waals surface area contributed by atoms with Gasteiger partial charge in [-0.25, -0.2) is 0 Å². The van der Waals surface area contributed by atoms with Crippen LogP contribution in [0.25, 0.3) is 11.1 Å². The van der Waals surface area contributed by atoms with Crippen molar-refractivity contribution in [2.75, 3.05) is 6.61 Å². The summed E-state index contributed by atoms with van der Waals surface area (Å²) in [5.74, 6) is 1.17. The third kappa shape index (κ3) is 10.1. The quantitative estimate of drug-likeness (QED) is 0.0848. The van der Waals surface area contributed by atoms with E-state index >= 15 is 0 Å². The van der Waals surface area contributed by atoms with Crippen LogP contribution in [0.1, 0.15) is 100 Å². The molecule has 5 atom stereocenters. The molecular weight excluding hydrogens is 646 g/mol. The maximum atomic E-state index is 12.3. The molecule has 2 fully saturated rings. The molecule has 0 bridgehead atoms.